The van der Waals surface area contributed by atoms with Crippen LogP contribution in [-0.4, -0.2) is 75.2 Å². The normalized spacial score (nSPS) is 25.0. The fourth-order valence-electron chi connectivity index (χ4n) is 5.32. The molecule has 0 saturated carbocycles. The zero-order chi connectivity index (χ0) is 27.5. The standard InChI is InChI=1S/C28H39BN4O5/c1-26(2,3)36-25(35)32-16-21-12-13-22(17-32)33(21)24-30-14-19(15-31-24)23(34)18-8-10-20(11-9-18)29-37-27(4,5)28(6,7)38-29/h8-11,14-15,21-23,34H,12-13,16-17H2,1-7H3. The Labute approximate surface area is 225 Å². The lowest BCUT2D eigenvalue weighted by Gasteiger charge is -2.41. The van der Waals surface area contributed by atoms with Crippen LogP contribution >= 0.6 is 0 Å². The average molecular weight is 522 g/mol. The number of benzene rings is 1. The average Bonchev–Trinajstić information content (AvgIpc) is 3.23. The smallest absolute Gasteiger partial charge is 0.444 e. The van der Waals surface area contributed by atoms with E-state index in [1.807, 2.05) is 72.7 Å². The summed E-state index contributed by atoms with van der Waals surface area (Å²) >= 11 is 0. The van der Waals surface area contributed by atoms with Gasteiger partial charge in [-0.15, -0.1) is 0 Å². The highest BCUT2D eigenvalue weighted by Gasteiger charge is 2.51. The third kappa shape index (κ3) is 5.13. The van der Waals surface area contributed by atoms with Crippen LogP contribution < -0.4 is 10.4 Å². The first-order valence-corrected chi connectivity index (χ1v) is 13.5. The molecule has 204 valence electrons. The van der Waals surface area contributed by atoms with Crippen LogP contribution in [0.15, 0.2) is 36.7 Å². The monoisotopic (exact) mass is 522 g/mol. The van der Waals surface area contributed by atoms with Crippen molar-refractivity contribution in [1.82, 2.24) is 14.9 Å². The van der Waals surface area contributed by atoms with E-state index in [1.165, 1.54) is 0 Å². The van der Waals surface area contributed by atoms with Crippen molar-refractivity contribution in [2.75, 3.05) is 18.0 Å². The molecule has 2 aromatic rings. The number of fused-ring (bicyclic) bond motifs is 2. The summed E-state index contributed by atoms with van der Waals surface area (Å²) in [6.45, 7) is 14.9. The third-order valence-corrected chi connectivity index (χ3v) is 8.12. The molecule has 0 radical (unpaired) electrons. The number of amides is 1. The minimum atomic E-state index is -0.850. The predicted molar refractivity (Wildman–Crippen MR) is 145 cm³/mol. The van der Waals surface area contributed by atoms with Gasteiger partial charge >= 0.3 is 13.2 Å². The van der Waals surface area contributed by atoms with Crippen LogP contribution in [0.3, 0.4) is 0 Å². The van der Waals surface area contributed by atoms with E-state index in [0.717, 1.165) is 23.9 Å². The summed E-state index contributed by atoms with van der Waals surface area (Å²) in [6.07, 6.45) is 4.22. The molecular weight excluding hydrogens is 483 g/mol. The number of hydrogen-bond acceptors (Lipinski definition) is 8. The molecule has 0 aliphatic carbocycles. The minimum Gasteiger partial charge on any atom is -0.444 e. The number of likely N-dealkylation sites (tertiary alicyclic amines) is 1. The molecule has 38 heavy (non-hydrogen) atoms. The van der Waals surface area contributed by atoms with E-state index < -0.39 is 30.0 Å². The number of carbonyl (C=O) groups excluding carboxylic acids is 1. The van der Waals surface area contributed by atoms with Crippen molar-refractivity contribution >= 4 is 24.6 Å². The summed E-state index contributed by atoms with van der Waals surface area (Å²) in [7, 11) is -0.444. The number of piperazine rings is 1. The van der Waals surface area contributed by atoms with E-state index in [-0.39, 0.29) is 18.2 Å². The number of aromatic nitrogens is 2. The Balaban J connectivity index is 1.24. The molecule has 3 unspecified atom stereocenters. The molecular formula is C28H39BN4O5. The lowest BCUT2D eigenvalue weighted by molar-refractivity contribution is 0.00578. The number of rotatable bonds is 4. The number of aliphatic hydroxyl groups is 1. The van der Waals surface area contributed by atoms with Gasteiger partial charge in [0, 0.05) is 31.0 Å². The maximum Gasteiger partial charge on any atom is 0.494 e. The molecule has 4 heterocycles. The topological polar surface area (TPSA) is 97.3 Å². The van der Waals surface area contributed by atoms with Crippen LogP contribution in [0, 0.1) is 0 Å². The number of ether oxygens (including phenoxy) is 1. The highest BCUT2D eigenvalue weighted by atomic mass is 16.7. The minimum absolute atomic E-state index is 0.152. The van der Waals surface area contributed by atoms with E-state index in [2.05, 4.69) is 14.9 Å². The Morgan fingerprint density at radius 3 is 2.03 bits per heavy atom. The first kappa shape index (κ1) is 26.9. The SMILES string of the molecule is CC(C)(C)OC(=O)N1CC2CCC(C1)N2c1ncc(C(O)c2ccc(B3OC(C)(C)C(C)(C)O3)cc2)cn1. The molecule has 1 aromatic carbocycles. The van der Waals surface area contributed by atoms with Crippen molar-refractivity contribution in [3.05, 3.63) is 47.8 Å². The highest BCUT2D eigenvalue weighted by Crippen LogP contribution is 2.37. The van der Waals surface area contributed by atoms with Gasteiger partial charge in [0.15, 0.2) is 0 Å². The largest absolute Gasteiger partial charge is 0.494 e. The molecule has 3 saturated heterocycles. The maximum absolute atomic E-state index is 12.6. The molecule has 1 amide bonds. The predicted octanol–water partition coefficient (Wildman–Crippen LogP) is 3.45. The molecule has 9 nitrogen and oxygen atoms in total. The van der Waals surface area contributed by atoms with E-state index >= 15 is 0 Å². The van der Waals surface area contributed by atoms with E-state index in [0.29, 0.717) is 24.6 Å². The van der Waals surface area contributed by atoms with Gasteiger partial charge in [0.2, 0.25) is 5.95 Å². The number of anilines is 1. The second kappa shape index (κ2) is 9.50. The highest BCUT2D eigenvalue weighted by molar-refractivity contribution is 6.62. The van der Waals surface area contributed by atoms with Gasteiger partial charge in [-0.25, -0.2) is 14.8 Å². The molecule has 3 fully saturated rings. The lowest BCUT2D eigenvalue weighted by atomic mass is 9.78. The molecule has 1 aromatic heterocycles. The van der Waals surface area contributed by atoms with Gasteiger partial charge in [-0.2, -0.15) is 0 Å². The van der Waals surface area contributed by atoms with Crippen LogP contribution in [0.5, 0.6) is 0 Å². The molecule has 3 aliphatic heterocycles. The first-order valence-electron chi connectivity index (χ1n) is 13.5. The van der Waals surface area contributed by atoms with Crippen LogP contribution in [-0.2, 0) is 14.0 Å². The Kier molecular flexibility index (Phi) is 6.73. The van der Waals surface area contributed by atoms with Crippen LogP contribution in [0.25, 0.3) is 0 Å². The summed E-state index contributed by atoms with van der Waals surface area (Å²) < 4.78 is 17.8. The number of hydrogen-bond donors (Lipinski definition) is 1. The van der Waals surface area contributed by atoms with Gasteiger partial charge in [0.05, 0.1) is 23.3 Å². The summed E-state index contributed by atoms with van der Waals surface area (Å²) in [5.74, 6) is 0.633. The molecule has 2 bridgehead atoms. The third-order valence-electron chi connectivity index (χ3n) is 8.12. The van der Waals surface area contributed by atoms with Gasteiger partial charge in [0.1, 0.15) is 11.7 Å². The van der Waals surface area contributed by atoms with Crippen molar-refractivity contribution in [2.45, 2.75) is 96.3 Å². The maximum atomic E-state index is 12.6. The fraction of sp³-hybridized carbons (Fsp3) is 0.607. The number of nitrogens with zero attached hydrogens (tertiary/aromatic N) is 4. The first-order chi connectivity index (χ1) is 17.7. The van der Waals surface area contributed by atoms with Crippen LogP contribution in [0.4, 0.5) is 10.7 Å². The van der Waals surface area contributed by atoms with Gasteiger partial charge in [-0.05, 0) is 72.3 Å². The van der Waals surface area contributed by atoms with E-state index in [4.69, 9.17) is 14.0 Å². The molecule has 10 heteroatoms. The summed E-state index contributed by atoms with van der Waals surface area (Å²) in [4.78, 5) is 25.8. The van der Waals surface area contributed by atoms with Crippen molar-refractivity contribution in [2.24, 2.45) is 0 Å². The zero-order valence-corrected chi connectivity index (χ0v) is 23.5. The van der Waals surface area contributed by atoms with Crippen molar-refractivity contribution in [3.8, 4) is 0 Å². The molecule has 3 aliphatic rings. The second-order valence-corrected chi connectivity index (χ2v) is 12.7. The van der Waals surface area contributed by atoms with Gasteiger partial charge < -0.3 is 29.0 Å². The van der Waals surface area contributed by atoms with Crippen molar-refractivity contribution in [1.29, 1.82) is 0 Å². The van der Waals surface area contributed by atoms with Crippen LogP contribution in [0.1, 0.15) is 78.5 Å². The Morgan fingerprint density at radius 2 is 1.53 bits per heavy atom. The Morgan fingerprint density at radius 1 is 1.00 bits per heavy atom. The van der Waals surface area contributed by atoms with Crippen molar-refractivity contribution < 1.29 is 23.9 Å². The van der Waals surface area contributed by atoms with E-state index in [9.17, 15) is 9.90 Å². The Hall–Kier alpha value is -2.69. The van der Waals surface area contributed by atoms with Gasteiger partial charge in [-0.1, -0.05) is 24.3 Å². The summed E-state index contributed by atoms with van der Waals surface area (Å²) in [5, 5.41) is 11.0. The molecule has 1 N–H and O–H groups in total. The molecule has 0 spiro atoms. The second-order valence-electron chi connectivity index (χ2n) is 12.7. The number of carbonyl (C=O) groups is 1. The summed E-state index contributed by atoms with van der Waals surface area (Å²) in [5.41, 5.74) is 0.948. The zero-order valence-electron chi connectivity index (χ0n) is 23.5. The van der Waals surface area contributed by atoms with Crippen molar-refractivity contribution in [3.63, 3.8) is 0 Å². The van der Waals surface area contributed by atoms with E-state index in [1.54, 1.807) is 17.3 Å². The lowest BCUT2D eigenvalue weighted by Crippen LogP contribution is -2.56. The summed E-state index contributed by atoms with van der Waals surface area (Å²) in [6, 6.07) is 7.93. The van der Waals surface area contributed by atoms with Crippen LogP contribution in [0.2, 0.25) is 0 Å². The van der Waals surface area contributed by atoms with Gasteiger partial charge in [0.25, 0.3) is 0 Å². The molecule has 5 rings (SSSR count). The Bertz CT molecular complexity index is 1140. The molecule has 3 atom stereocenters. The fourth-order valence-corrected chi connectivity index (χ4v) is 5.32. The quantitative estimate of drug-likeness (QED) is 0.611. The number of aliphatic hydroxyl groups excluding tert-OH is 1. The van der Waals surface area contributed by atoms with Gasteiger partial charge in [-0.3, -0.25) is 0 Å².